The van der Waals surface area contributed by atoms with Gasteiger partial charge in [0.2, 0.25) is 0 Å². The molecule has 2 aromatic carbocycles. The van der Waals surface area contributed by atoms with E-state index in [1.54, 1.807) is 5.56 Å². The number of hydrogen-bond acceptors (Lipinski definition) is 1. The summed E-state index contributed by atoms with van der Waals surface area (Å²) in [6, 6.07) is 18.5. The molecule has 0 aromatic heterocycles. The molecule has 1 atom stereocenters. The van der Waals surface area contributed by atoms with Crippen LogP contribution in [0, 0.1) is 6.92 Å². The van der Waals surface area contributed by atoms with Crippen LogP contribution < -0.4 is 4.90 Å². The average Bonchev–Trinajstić information content (AvgIpc) is 3.07. The number of benzene rings is 2. The van der Waals surface area contributed by atoms with E-state index in [9.17, 15) is 0 Å². The van der Waals surface area contributed by atoms with Crippen molar-refractivity contribution < 1.29 is 0 Å². The maximum atomic E-state index is 2.72. The van der Waals surface area contributed by atoms with Crippen LogP contribution in [0.1, 0.15) is 55.3 Å². The first-order chi connectivity index (χ1) is 10.2. The summed E-state index contributed by atoms with van der Waals surface area (Å²) in [6.45, 7) is 4.62. The lowest BCUT2D eigenvalue weighted by atomic mass is 9.87. The third-order valence-electron chi connectivity index (χ3n) is 5.57. The summed E-state index contributed by atoms with van der Waals surface area (Å²) >= 11 is 0. The van der Waals surface area contributed by atoms with Gasteiger partial charge < -0.3 is 4.90 Å². The number of para-hydroxylation sites is 1. The van der Waals surface area contributed by atoms with Gasteiger partial charge in [-0.3, -0.25) is 0 Å². The van der Waals surface area contributed by atoms with E-state index < -0.39 is 0 Å². The molecule has 0 N–H and O–H groups in total. The Balaban J connectivity index is 1.93. The minimum absolute atomic E-state index is 0.238. The van der Waals surface area contributed by atoms with Gasteiger partial charge in [-0.05, 0) is 49.4 Å². The lowest BCUT2D eigenvalue weighted by molar-refractivity contribution is 0.416. The predicted octanol–water partition coefficient (Wildman–Crippen LogP) is 5.35. The fourth-order valence-corrected chi connectivity index (χ4v) is 4.67. The van der Waals surface area contributed by atoms with E-state index in [1.807, 2.05) is 0 Å². The number of rotatable bonds is 1. The highest BCUT2D eigenvalue weighted by molar-refractivity contribution is 5.63. The Bertz CT molecular complexity index is 667. The number of hydrogen-bond donors (Lipinski definition) is 0. The highest BCUT2D eigenvalue weighted by atomic mass is 15.3. The molecule has 1 aliphatic heterocycles. The molecule has 1 heterocycles. The summed E-state index contributed by atoms with van der Waals surface area (Å²) in [7, 11) is 0. The number of nitrogens with zero attached hydrogens (tertiary/aromatic N) is 1. The lowest BCUT2D eigenvalue weighted by Crippen LogP contribution is -2.40. The Morgan fingerprint density at radius 2 is 1.62 bits per heavy atom. The Morgan fingerprint density at radius 3 is 2.38 bits per heavy atom. The van der Waals surface area contributed by atoms with Gasteiger partial charge in [0, 0.05) is 5.69 Å². The Labute approximate surface area is 127 Å². The Morgan fingerprint density at radius 1 is 0.952 bits per heavy atom. The second kappa shape index (κ2) is 4.62. The maximum Gasteiger partial charge on any atom is 0.0663 e. The molecule has 1 nitrogen and oxygen atoms in total. The molecule has 0 radical (unpaired) electrons. The molecule has 1 fully saturated rings. The maximum absolute atomic E-state index is 2.72. The van der Waals surface area contributed by atoms with Crippen LogP contribution in [-0.4, -0.2) is 0 Å². The van der Waals surface area contributed by atoms with Gasteiger partial charge in [0.25, 0.3) is 0 Å². The van der Waals surface area contributed by atoms with Crippen LogP contribution in [0.5, 0.6) is 0 Å². The van der Waals surface area contributed by atoms with Crippen LogP contribution in [0.15, 0.2) is 48.5 Å². The smallest absolute Gasteiger partial charge is 0.0663 e. The first-order valence-electron chi connectivity index (χ1n) is 8.18. The molecule has 0 bridgehead atoms. The molecule has 1 saturated carbocycles. The van der Waals surface area contributed by atoms with Gasteiger partial charge in [-0.2, -0.15) is 0 Å². The van der Waals surface area contributed by atoms with Gasteiger partial charge in [-0.25, -0.2) is 0 Å². The normalized spacial score (nSPS) is 22.8. The fourth-order valence-electron chi connectivity index (χ4n) is 4.67. The van der Waals surface area contributed by atoms with E-state index in [1.165, 1.54) is 42.5 Å². The second-order valence-electron chi connectivity index (χ2n) is 6.66. The van der Waals surface area contributed by atoms with Crippen LogP contribution in [0.2, 0.25) is 0 Å². The topological polar surface area (TPSA) is 3.24 Å². The molecule has 1 spiro atoms. The zero-order chi connectivity index (χ0) is 14.4. The number of fused-ring (bicyclic) bond motifs is 2. The van der Waals surface area contributed by atoms with Crippen molar-refractivity contribution in [3.05, 3.63) is 65.2 Å². The van der Waals surface area contributed by atoms with Crippen molar-refractivity contribution in [2.24, 2.45) is 0 Å². The molecule has 0 amide bonds. The molecule has 1 heteroatoms. The second-order valence-corrected chi connectivity index (χ2v) is 6.66. The Kier molecular flexibility index (Phi) is 2.85. The third-order valence-corrected chi connectivity index (χ3v) is 5.57. The van der Waals surface area contributed by atoms with Crippen molar-refractivity contribution in [2.75, 3.05) is 4.90 Å². The summed E-state index contributed by atoms with van der Waals surface area (Å²) in [5.41, 5.74) is 6.16. The van der Waals surface area contributed by atoms with Gasteiger partial charge in [-0.15, -0.1) is 0 Å². The van der Waals surface area contributed by atoms with E-state index in [0.717, 1.165) is 0 Å². The quantitative estimate of drug-likeness (QED) is 0.679. The van der Waals surface area contributed by atoms with Crippen molar-refractivity contribution in [3.8, 4) is 0 Å². The van der Waals surface area contributed by atoms with E-state index in [-0.39, 0.29) is 5.54 Å². The third kappa shape index (κ3) is 1.70. The average molecular weight is 277 g/mol. The zero-order valence-electron chi connectivity index (χ0n) is 13.0. The number of anilines is 1. The summed E-state index contributed by atoms with van der Waals surface area (Å²) in [5.74, 6) is 0. The van der Waals surface area contributed by atoms with Crippen LogP contribution in [0.25, 0.3) is 0 Å². The van der Waals surface area contributed by atoms with Crippen molar-refractivity contribution >= 4 is 5.69 Å². The van der Waals surface area contributed by atoms with Crippen LogP contribution in [0.3, 0.4) is 0 Å². The van der Waals surface area contributed by atoms with Gasteiger partial charge in [0.05, 0.1) is 11.6 Å². The molecule has 21 heavy (non-hydrogen) atoms. The number of aryl methyl sites for hydroxylation is 1. The largest absolute Gasteiger partial charge is 0.355 e. The molecule has 2 aliphatic rings. The highest BCUT2D eigenvalue weighted by Crippen LogP contribution is 2.56. The highest BCUT2D eigenvalue weighted by Gasteiger charge is 2.50. The minimum atomic E-state index is 0.238. The monoisotopic (exact) mass is 277 g/mol. The predicted molar refractivity (Wildman–Crippen MR) is 88.7 cm³/mol. The van der Waals surface area contributed by atoms with Crippen LogP contribution in [-0.2, 0) is 5.54 Å². The van der Waals surface area contributed by atoms with E-state index in [2.05, 4.69) is 67.3 Å². The molecule has 2 aromatic rings. The summed E-state index contributed by atoms with van der Waals surface area (Å²) in [6.07, 6.45) is 5.29. The van der Waals surface area contributed by atoms with Crippen molar-refractivity contribution in [3.63, 3.8) is 0 Å². The van der Waals surface area contributed by atoms with E-state index in [4.69, 9.17) is 0 Å². The summed E-state index contributed by atoms with van der Waals surface area (Å²) in [4.78, 5) is 2.72. The molecule has 1 aliphatic carbocycles. The van der Waals surface area contributed by atoms with Crippen molar-refractivity contribution in [1.29, 1.82) is 0 Å². The van der Waals surface area contributed by atoms with Crippen molar-refractivity contribution in [2.45, 2.75) is 51.1 Å². The Hall–Kier alpha value is -1.76. The summed E-state index contributed by atoms with van der Waals surface area (Å²) in [5, 5.41) is 0. The molecule has 108 valence electrons. The molecular formula is C20H23N. The summed E-state index contributed by atoms with van der Waals surface area (Å²) < 4.78 is 0. The molecular weight excluding hydrogens is 254 g/mol. The first-order valence-corrected chi connectivity index (χ1v) is 8.18. The van der Waals surface area contributed by atoms with E-state index in [0.29, 0.717) is 6.04 Å². The van der Waals surface area contributed by atoms with Gasteiger partial charge in [0.15, 0.2) is 0 Å². The van der Waals surface area contributed by atoms with Gasteiger partial charge in [-0.1, -0.05) is 55.3 Å². The van der Waals surface area contributed by atoms with Gasteiger partial charge >= 0.3 is 0 Å². The molecule has 0 unspecified atom stereocenters. The van der Waals surface area contributed by atoms with Crippen LogP contribution in [0.4, 0.5) is 5.69 Å². The first kappa shape index (κ1) is 12.9. The minimum Gasteiger partial charge on any atom is -0.355 e. The SMILES string of the molecule is Cc1ccccc1N1[C@@H](C)c2ccccc2C12CCCC2. The fraction of sp³-hybridized carbons (Fsp3) is 0.400. The standard InChI is InChI=1S/C20H23N/c1-15-9-3-6-12-19(15)21-16(2)17-10-4-5-11-18(17)20(21)13-7-8-14-20/h3-6,9-12,16H,7-8,13-14H2,1-2H3/t16-/m0/s1. The van der Waals surface area contributed by atoms with E-state index >= 15 is 0 Å². The van der Waals surface area contributed by atoms with Crippen molar-refractivity contribution in [1.82, 2.24) is 0 Å². The zero-order valence-corrected chi connectivity index (χ0v) is 13.0. The lowest BCUT2D eigenvalue weighted by Gasteiger charge is -2.41. The van der Waals surface area contributed by atoms with Gasteiger partial charge in [0.1, 0.15) is 0 Å². The van der Waals surface area contributed by atoms with Crippen LogP contribution >= 0.6 is 0 Å². The molecule has 4 rings (SSSR count). The molecule has 0 saturated heterocycles.